The number of nitrogens with one attached hydrogen (secondary N) is 1. The largest absolute Gasteiger partial charge is 0.497 e. The van der Waals surface area contributed by atoms with Crippen LogP contribution in [0.2, 0.25) is 0 Å². The molecule has 7 nitrogen and oxygen atoms in total. The molecule has 1 aromatic heterocycles. The average Bonchev–Trinajstić information content (AvgIpc) is 3.02. The van der Waals surface area contributed by atoms with Gasteiger partial charge in [0.1, 0.15) is 22.4 Å². The summed E-state index contributed by atoms with van der Waals surface area (Å²) < 4.78 is 10.1. The molecule has 1 amide bonds. The molecule has 0 aliphatic carbocycles. The minimum Gasteiger partial charge on any atom is -0.497 e. The van der Waals surface area contributed by atoms with Gasteiger partial charge in [0, 0.05) is 0 Å². The molecule has 0 saturated heterocycles. The summed E-state index contributed by atoms with van der Waals surface area (Å²) in [6.45, 7) is 4.81. The van der Waals surface area contributed by atoms with Gasteiger partial charge in [-0.15, -0.1) is 11.3 Å². The summed E-state index contributed by atoms with van der Waals surface area (Å²) in [6.07, 6.45) is 1.42. The van der Waals surface area contributed by atoms with E-state index < -0.39 is 11.9 Å². The predicted molar refractivity (Wildman–Crippen MR) is 110 cm³/mol. The lowest BCUT2D eigenvalue weighted by molar-refractivity contribution is -0.112. The molecular formula is C21H20N2O5S. The summed E-state index contributed by atoms with van der Waals surface area (Å²) in [5.74, 6) is -0.908. The maximum atomic E-state index is 12.6. The van der Waals surface area contributed by atoms with Crippen molar-refractivity contribution in [2.75, 3.05) is 19.0 Å². The first-order chi connectivity index (χ1) is 13.8. The minimum absolute atomic E-state index is 0.122. The molecule has 0 aliphatic rings. The first kappa shape index (κ1) is 21.9. The number of rotatable bonds is 7. The van der Waals surface area contributed by atoms with Gasteiger partial charge in [-0.3, -0.25) is 9.59 Å². The van der Waals surface area contributed by atoms with Gasteiger partial charge < -0.3 is 14.8 Å². The molecule has 29 heavy (non-hydrogen) atoms. The van der Waals surface area contributed by atoms with E-state index in [2.05, 4.69) is 5.32 Å². The molecule has 0 bridgehead atoms. The molecule has 0 fully saturated rings. The molecule has 0 unspecified atom stereocenters. The molecule has 1 N–H and O–H groups in total. The van der Waals surface area contributed by atoms with Crippen LogP contribution in [0.4, 0.5) is 5.00 Å². The molecule has 1 heterocycles. The van der Waals surface area contributed by atoms with Crippen molar-refractivity contribution in [2.45, 2.75) is 20.8 Å². The average molecular weight is 412 g/mol. The molecule has 2 aromatic rings. The Morgan fingerprint density at radius 3 is 2.41 bits per heavy atom. The molecular weight excluding hydrogens is 392 g/mol. The quantitative estimate of drug-likeness (QED) is 0.319. The van der Waals surface area contributed by atoms with Crippen molar-refractivity contribution in [1.29, 1.82) is 5.26 Å². The Morgan fingerprint density at radius 1 is 1.24 bits per heavy atom. The Labute approximate surface area is 172 Å². The second-order valence-corrected chi connectivity index (χ2v) is 6.95. The zero-order valence-electron chi connectivity index (χ0n) is 16.5. The van der Waals surface area contributed by atoms with Crippen LogP contribution in [0.3, 0.4) is 0 Å². The summed E-state index contributed by atoms with van der Waals surface area (Å²) in [4.78, 5) is 37.2. The zero-order chi connectivity index (χ0) is 21.6. The van der Waals surface area contributed by atoms with Crippen LogP contribution in [-0.2, 0) is 9.53 Å². The van der Waals surface area contributed by atoms with E-state index in [1.54, 1.807) is 45.2 Å². The summed E-state index contributed by atoms with van der Waals surface area (Å²) in [5.41, 5.74) is 1.04. The number of benzene rings is 1. The van der Waals surface area contributed by atoms with Gasteiger partial charge in [0.25, 0.3) is 5.91 Å². The van der Waals surface area contributed by atoms with E-state index in [0.717, 1.165) is 11.3 Å². The van der Waals surface area contributed by atoms with E-state index in [-0.39, 0.29) is 28.5 Å². The highest BCUT2D eigenvalue weighted by Gasteiger charge is 2.26. The third-order valence-electron chi connectivity index (χ3n) is 3.97. The summed E-state index contributed by atoms with van der Waals surface area (Å²) in [7, 11) is 1.54. The number of hydrogen-bond acceptors (Lipinski definition) is 7. The number of nitrogens with zero attached hydrogens (tertiary/aromatic N) is 1. The fraction of sp³-hybridized carbons (Fsp3) is 0.238. The van der Waals surface area contributed by atoms with Crippen LogP contribution in [0.1, 0.15) is 45.0 Å². The molecule has 1 aromatic carbocycles. The van der Waals surface area contributed by atoms with Crippen molar-refractivity contribution in [3.8, 4) is 11.8 Å². The van der Waals surface area contributed by atoms with E-state index in [0.29, 0.717) is 21.8 Å². The number of ketones is 1. The normalized spacial score (nSPS) is 10.8. The monoisotopic (exact) mass is 412 g/mol. The van der Waals surface area contributed by atoms with Crippen molar-refractivity contribution in [3.63, 3.8) is 0 Å². The minimum atomic E-state index is -0.690. The molecule has 0 saturated carbocycles. The number of anilines is 1. The van der Waals surface area contributed by atoms with Gasteiger partial charge in [0.2, 0.25) is 0 Å². The van der Waals surface area contributed by atoms with Gasteiger partial charge in [-0.25, -0.2) is 4.79 Å². The van der Waals surface area contributed by atoms with Crippen LogP contribution in [0.25, 0.3) is 6.08 Å². The van der Waals surface area contributed by atoms with Crippen molar-refractivity contribution >= 4 is 40.1 Å². The topological polar surface area (TPSA) is 105 Å². The molecule has 0 spiro atoms. The highest BCUT2D eigenvalue weighted by Crippen LogP contribution is 2.34. The fourth-order valence-electron chi connectivity index (χ4n) is 2.57. The number of Topliss-reactive ketones (excluding diaryl/α,β-unsaturated/α-hetero) is 1. The van der Waals surface area contributed by atoms with E-state index in [9.17, 15) is 19.6 Å². The standard InChI is InChI=1S/C21H20N2O5S/c1-5-28-21(26)17-12(2)18(13(3)24)29-20(17)23-19(25)15(11-22)10-14-6-8-16(27-4)9-7-14/h6-10H,5H2,1-4H3,(H,23,25)/b15-10+. The van der Waals surface area contributed by atoms with Crippen LogP contribution in [0.5, 0.6) is 5.75 Å². The Hall–Kier alpha value is -3.44. The van der Waals surface area contributed by atoms with Gasteiger partial charge in [-0.05, 0) is 50.1 Å². The van der Waals surface area contributed by atoms with Gasteiger partial charge in [-0.1, -0.05) is 12.1 Å². The second-order valence-electron chi connectivity index (χ2n) is 5.93. The smallest absolute Gasteiger partial charge is 0.341 e. The highest BCUT2D eigenvalue weighted by molar-refractivity contribution is 7.18. The van der Waals surface area contributed by atoms with Crippen LogP contribution in [0.15, 0.2) is 29.8 Å². The Morgan fingerprint density at radius 2 is 1.90 bits per heavy atom. The van der Waals surface area contributed by atoms with Crippen molar-refractivity contribution in [1.82, 2.24) is 0 Å². The third kappa shape index (κ3) is 5.09. The van der Waals surface area contributed by atoms with E-state index >= 15 is 0 Å². The molecule has 2 rings (SSSR count). The zero-order valence-corrected chi connectivity index (χ0v) is 17.3. The number of ether oxygens (including phenoxy) is 2. The number of carbonyl (C=O) groups excluding carboxylic acids is 3. The summed E-state index contributed by atoms with van der Waals surface area (Å²) >= 11 is 0.980. The van der Waals surface area contributed by atoms with Gasteiger partial charge in [0.05, 0.1) is 24.2 Å². The first-order valence-corrected chi connectivity index (χ1v) is 9.52. The summed E-state index contributed by atoms with van der Waals surface area (Å²) in [6, 6.07) is 8.68. The van der Waals surface area contributed by atoms with Gasteiger partial charge in [0.15, 0.2) is 5.78 Å². The SMILES string of the molecule is CCOC(=O)c1c(NC(=O)/C(C#N)=C/c2ccc(OC)cc2)sc(C(C)=O)c1C. The number of hydrogen-bond donors (Lipinski definition) is 1. The van der Waals surface area contributed by atoms with Crippen molar-refractivity contribution in [3.05, 3.63) is 51.4 Å². The second kappa shape index (κ2) is 9.66. The number of nitriles is 1. The third-order valence-corrected chi connectivity index (χ3v) is 5.27. The van der Waals surface area contributed by atoms with Crippen LogP contribution in [-0.4, -0.2) is 31.4 Å². The first-order valence-electron chi connectivity index (χ1n) is 8.71. The maximum Gasteiger partial charge on any atom is 0.341 e. The predicted octanol–water partition coefficient (Wildman–Crippen LogP) is 3.99. The Bertz CT molecular complexity index is 1010. The fourth-order valence-corrected chi connectivity index (χ4v) is 3.66. The number of methoxy groups -OCH3 is 1. The van der Waals surface area contributed by atoms with E-state index in [1.807, 2.05) is 6.07 Å². The summed E-state index contributed by atoms with van der Waals surface area (Å²) in [5, 5.41) is 12.1. The Balaban J connectivity index is 2.37. The lowest BCUT2D eigenvalue weighted by Gasteiger charge is -2.07. The van der Waals surface area contributed by atoms with Gasteiger partial charge >= 0.3 is 5.97 Å². The lowest BCUT2D eigenvalue weighted by atomic mass is 10.1. The van der Waals surface area contributed by atoms with Crippen LogP contribution in [0, 0.1) is 18.3 Å². The highest BCUT2D eigenvalue weighted by atomic mass is 32.1. The maximum absolute atomic E-state index is 12.6. The number of esters is 1. The molecule has 8 heteroatoms. The number of amides is 1. The van der Waals surface area contributed by atoms with Gasteiger partial charge in [-0.2, -0.15) is 5.26 Å². The van der Waals surface area contributed by atoms with Crippen molar-refractivity contribution in [2.24, 2.45) is 0 Å². The number of carbonyl (C=O) groups is 3. The lowest BCUT2D eigenvalue weighted by Crippen LogP contribution is -2.16. The van der Waals surface area contributed by atoms with Crippen LogP contribution < -0.4 is 10.1 Å². The van der Waals surface area contributed by atoms with Crippen molar-refractivity contribution < 1.29 is 23.9 Å². The van der Waals surface area contributed by atoms with E-state index in [4.69, 9.17) is 9.47 Å². The van der Waals surface area contributed by atoms with E-state index in [1.165, 1.54) is 13.0 Å². The molecule has 0 radical (unpaired) electrons. The van der Waals surface area contributed by atoms with Crippen LogP contribution >= 0.6 is 11.3 Å². The number of thiophene rings is 1. The molecule has 0 aliphatic heterocycles. The Kier molecular flexibility index (Phi) is 7.28. The molecule has 0 atom stereocenters. The molecule has 150 valence electrons.